The van der Waals surface area contributed by atoms with Crippen LogP contribution in [0.2, 0.25) is 0 Å². The maximum Gasteiger partial charge on any atom is 0.123 e. The minimum atomic E-state index is -0.201. The lowest BCUT2D eigenvalue weighted by molar-refractivity contribution is 0.538. The Morgan fingerprint density at radius 2 is 2.06 bits per heavy atom. The van der Waals surface area contributed by atoms with Crippen LogP contribution in [0.15, 0.2) is 36.7 Å². The molecule has 1 heterocycles. The molecular weight excluding hydrogens is 229 g/mol. The van der Waals surface area contributed by atoms with E-state index in [1.807, 2.05) is 12.4 Å². The van der Waals surface area contributed by atoms with E-state index in [0.29, 0.717) is 6.54 Å². The number of imidazole rings is 1. The maximum atomic E-state index is 12.8. The molecule has 2 rings (SSSR count). The lowest BCUT2D eigenvalue weighted by atomic mass is 10.1. The third kappa shape index (κ3) is 2.96. The van der Waals surface area contributed by atoms with Crippen molar-refractivity contribution in [2.45, 2.75) is 33.0 Å². The van der Waals surface area contributed by atoms with E-state index in [-0.39, 0.29) is 11.9 Å². The van der Waals surface area contributed by atoms with E-state index in [9.17, 15) is 4.39 Å². The number of nitrogens with zero attached hydrogens (tertiary/aromatic N) is 2. The summed E-state index contributed by atoms with van der Waals surface area (Å²) in [6.07, 6.45) is 3.78. The van der Waals surface area contributed by atoms with Crippen LogP contribution in [-0.4, -0.2) is 9.55 Å². The van der Waals surface area contributed by atoms with Crippen molar-refractivity contribution in [1.29, 1.82) is 0 Å². The molecule has 18 heavy (non-hydrogen) atoms. The normalized spacial score (nSPS) is 12.6. The lowest BCUT2D eigenvalue weighted by Crippen LogP contribution is -2.20. The SMILES string of the molecule is CCn1ccnc1CN[C@@H](C)c1ccc(F)cc1. The zero-order valence-electron chi connectivity index (χ0n) is 10.7. The Labute approximate surface area is 107 Å². The summed E-state index contributed by atoms with van der Waals surface area (Å²) in [6, 6.07) is 6.76. The fourth-order valence-electron chi connectivity index (χ4n) is 1.91. The minimum Gasteiger partial charge on any atom is -0.334 e. The summed E-state index contributed by atoms with van der Waals surface area (Å²) in [7, 11) is 0. The second-order valence-electron chi connectivity index (χ2n) is 4.28. The standard InChI is InChI=1S/C14H18FN3/c1-3-18-9-8-16-14(18)10-17-11(2)12-4-6-13(15)7-5-12/h4-9,11,17H,3,10H2,1-2H3/t11-/m0/s1. The molecule has 0 aliphatic heterocycles. The van der Waals surface area contributed by atoms with E-state index in [1.165, 1.54) is 12.1 Å². The fourth-order valence-corrected chi connectivity index (χ4v) is 1.91. The van der Waals surface area contributed by atoms with E-state index >= 15 is 0 Å². The Balaban J connectivity index is 1.96. The van der Waals surface area contributed by atoms with E-state index < -0.39 is 0 Å². The molecule has 0 spiro atoms. The van der Waals surface area contributed by atoms with Gasteiger partial charge in [-0.05, 0) is 31.5 Å². The summed E-state index contributed by atoms with van der Waals surface area (Å²) in [5.74, 6) is 0.818. The average Bonchev–Trinajstić information content (AvgIpc) is 2.84. The molecule has 1 aromatic carbocycles. The summed E-state index contributed by atoms with van der Waals surface area (Å²) < 4.78 is 14.9. The monoisotopic (exact) mass is 247 g/mol. The Morgan fingerprint density at radius 3 is 2.72 bits per heavy atom. The molecule has 0 aliphatic carbocycles. The summed E-state index contributed by atoms with van der Waals surface area (Å²) in [6.45, 7) is 5.78. The van der Waals surface area contributed by atoms with Crippen LogP contribution in [0.1, 0.15) is 31.3 Å². The molecule has 3 nitrogen and oxygen atoms in total. The molecule has 0 saturated heterocycles. The Kier molecular flexibility index (Phi) is 4.10. The molecule has 1 N–H and O–H groups in total. The molecule has 0 amide bonds. The molecule has 0 saturated carbocycles. The van der Waals surface area contributed by atoms with Crippen LogP contribution < -0.4 is 5.32 Å². The van der Waals surface area contributed by atoms with E-state index in [0.717, 1.165) is 17.9 Å². The van der Waals surface area contributed by atoms with Crippen molar-refractivity contribution in [3.8, 4) is 0 Å². The van der Waals surface area contributed by atoms with Crippen LogP contribution >= 0.6 is 0 Å². The first kappa shape index (κ1) is 12.8. The van der Waals surface area contributed by atoms with Crippen LogP contribution in [0.5, 0.6) is 0 Å². The molecular formula is C14H18FN3. The quantitative estimate of drug-likeness (QED) is 0.880. The lowest BCUT2D eigenvalue weighted by Gasteiger charge is -2.14. The first-order chi connectivity index (χ1) is 8.70. The topological polar surface area (TPSA) is 29.9 Å². The number of nitrogens with one attached hydrogen (secondary N) is 1. The van der Waals surface area contributed by atoms with Gasteiger partial charge in [-0.15, -0.1) is 0 Å². The number of rotatable bonds is 5. The number of aromatic nitrogens is 2. The molecule has 0 aliphatic rings. The van der Waals surface area contributed by atoms with Crippen molar-refractivity contribution in [2.75, 3.05) is 0 Å². The number of hydrogen-bond donors (Lipinski definition) is 1. The highest BCUT2D eigenvalue weighted by atomic mass is 19.1. The Morgan fingerprint density at radius 1 is 1.33 bits per heavy atom. The van der Waals surface area contributed by atoms with Crippen LogP contribution in [0.25, 0.3) is 0 Å². The summed E-state index contributed by atoms with van der Waals surface area (Å²) >= 11 is 0. The van der Waals surface area contributed by atoms with Gasteiger partial charge in [0, 0.05) is 25.0 Å². The van der Waals surface area contributed by atoms with Gasteiger partial charge >= 0.3 is 0 Å². The first-order valence-electron chi connectivity index (χ1n) is 6.19. The third-order valence-corrected chi connectivity index (χ3v) is 3.08. The highest BCUT2D eigenvalue weighted by molar-refractivity contribution is 5.19. The number of halogens is 1. The second-order valence-corrected chi connectivity index (χ2v) is 4.28. The number of aryl methyl sites for hydroxylation is 1. The van der Waals surface area contributed by atoms with Gasteiger partial charge in [-0.3, -0.25) is 0 Å². The van der Waals surface area contributed by atoms with Gasteiger partial charge in [-0.2, -0.15) is 0 Å². The molecule has 96 valence electrons. The van der Waals surface area contributed by atoms with Crippen molar-refractivity contribution < 1.29 is 4.39 Å². The average molecular weight is 247 g/mol. The highest BCUT2D eigenvalue weighted by Crippen LogP contribution is 2.13. The van der Waals surface area contributed by atoms with Crippen molar-refractivity contribution >= 4 is 0 Å². The van der Waals surface area contributed by atoms with Crippen LogP contribution in [0, 0.1) is 5.82 Å². The van der Waals surface area contributed by atoms with Crippen molar-refractivity contribution in [1.82, 2.24) is 14.9 Å². The predicted molar refractivity (Wildman–Crippen MR) is 69.6 cm³/mol. The minimum absolute atomic E-state index is 0.174. The van der Waals surface area contributed by atoms with Gasteiger partial charge in [0.2, 0.25) is 0 Å². The van der Waals surface area contributed by atoms with Gasteiger partial charge in [-0.25, -0.2) is 9.37 Å². The molecule has 2 aromatic rings. The van der Waals surface area contributed by atoms with E-state index in [4.69, 9.17) is 0 Å². The van der Waals surface area contributed by atoms with Gasteiger partial charge in [0.15, 0.2) is 0 Å². The second kappa shape index (κ2) is 5.78. The maximum absolute atomic E-state index is 12.8. The van der Waals surface area contributed by atoms with Crippen LogP contribution in [-0.2, 0) is 13.1 Å². The van der Waals surface area contributed by atoms with E-state index in [2.05, 4.69) is 28.7 Å². The highest BCUT2D eigenvalue weighted by Gasteiger charge is 2.07. The Bertz CT molecular complexity index is 490. The Hall–Kier alpha value is -1.68. The van der Waals surface area contributed by atoms with Gasteiger partial charge in [0.1, 0.15) is 11.6 Å². The summed E-state index contributed by atoms with van der Waals surface area (Å²) in [5.41, 5.74) is 1.08. The smallest absolute Gasteiger partial charge is 0.123 e. The molecule has 0 fully saturated rings. The zero-order valence-corrected chi connectivity index (χ0v) is 10.7. The molecule has 4 heteroatoms. The van der Waals surface area contributed by atoms with Crippen LogP contribution in [0.3, 0.4) is 0 Å². The van der Waals surface area contributed by atoms with Crippen LogP contribution in [0.4, 0.5) is 4.39 Å². The number of hydrogen-bond acceptors (Lipinski definition) is 2. The molecule has 0 radical (unpaired) electrons. The molecule has 0 bridgehead atoms. The van der Waals surface area contributed by atoms with Gasteiger partial charge in [-0.1, -0.05) is 12.1 Å². The zero-order chi connectivity index (χ0) is 13.0. The van der Waals surface area contributed by atoms with Gasteiger partial charge < -0.3 is 9.88 Å². The van der Waals surface area contributed by atoms with Crippen molar-refractivity contribution in [3.05, 3.63) is 53.9 Å². The number of benzene rings is 1. The van der Waals surface area contributed by atoms with Crippen molar-refractivity contribution in [3.63, 3.8) is 0 Å². The summed E-state index contributed by atoms with van der Waals surface area (Å²) in [4.78, 5) is 4.31. The molecule has 1 aromatic heterocycles. The first-order valence-corrected chi connectivity index (χ1v) is 6.19. The molecule has 0 unspecified atom stereocenters. The molecule has 1 atom stereocenters. The largest absolute Gasteiger partial charge is 0.334 e. The fraction of sp³-hybridized carbons (Fsp3) is 0.357. The summed E-state index contributed by atoms with van der Waals surface area (Å²) in [5, 5.41) is 3.39. The third-order valence-electron chi connectivity index (χ3n) is 3.08. The van der Waals surface area contributed by atoms with Gasteiger partial charge in [0.05, 0.1) is 6.54 Å². The van der Waals surface area contributed by atoms with Gasteiger partial charge in [0.25, 0.3) is 0 Å². The van der Waals surface area contributed by atoms with Crippen molar-refractivity contribution in [2.24, 2.45) is 0 Å². The predicted octanol–water partition coefficient (Wildman–Crippen LogP) is 2.89. The van der Waals surface area contributed by atoms with E-state index in [1.54, 1.807) is 12.1 Å².